The van der Waals surface area contributed by atoms with E-state index in [0.717, 1.165) is 77.9 Å². The summed E-state index contributed by atoms with van der Waals surface area (Å²) in [6, 6.07) is 45.6. The van der Waals surface area contributed by atoms with Crippen molar-refractivity contribution in [2.24, 2.45) is 0 Å². The van der Waals surface area contributed by atoms with Gasteiger partial charge in [0.1, 0.15) is 17.3 Å². The minimum Gasteiger partial charge on any atom is -0.458 e. The van der Waals surface area contributed by atoms with Crippen LogP contribution in [0.2, 0.25) is 0 Å². The molecule has 72 heavy (non-hydrogen) atoms. The third kappa shape index (κ3) is 7.95. The molecule has 0 aliphatic carbocycles. The number of para-hydroxylation sites is 4. The SMILES string of the molecule is [2H]c1c([2H])c([2H])c2c(sc3c([2H])c([2H])c(-c4cccc(-c5cc(C(C)(C)C)cc(C(C)(C)C)c5)c4-[n+]4[c-]n(-c5cccc(Oc6ccc7c8ccccc8n(-c8cc(C(C)(C)C)ccn8)c7c6)c5)c5ccccc54)c([2H])c32)c1[2H]. The average molecular weight is 962 g/mol. The second-order valence-corrected chi connectivity index (χ2v) is 22.8. The molecule has 0 bridgehead atoms. The summed E-state index contributed by atoms with van der Waals surface area (Å²) < 4.78 is 77.8. The monoisotopic (exact) mass is 961 g/mol. The van der Waals surface area contributed by atoms with Crippen molar-refractivity contribution in [1.29, 1.82) is 0 Å². The lowest BCUT2D eigenvalue weighted by atomic mass is 9.78. The molecule has 5 nitrogen and oxygen atoms in total. The fraction of sp³-hybridized carbons (Fsp3) is 0.182. The van der Waals surface area contributed by atoms with Crippen LogP contribution >= 0.6 is 11.3 Å². The second-order valence-electron chi connectivity index (χ2n) is 21.8. The molecule has 354 valence electrons. The molecule has 12 aromatic rings. The zero-order valence-electron chi connectivity index (χ0n) is 49.0. The molecular formula is C66H58N4OS. The molecule has 0 unspecified atom stereocenters. The normalized spacial score (nSPS) is 13.9. The minimum absolute atomic E-state index is 0.0699. The highest BCUT2D eigenvalue weighted by molar-refractivity contribution is 7.25. The Balaban J connectivity index is 1.06. The van der Waals surface area contributed by atoms with Gasteiger partial charge in [0.25, 0.3) is 6.33 Å². The van der Waals surface area contributed by atoms with Gasteiger partial charge < -0.3 is 4.74 Å². The van der Waals surface area contributed by atoms with Crippen LogP contribution in [0.3, 0.4) is 0 Å². The Hall–Kier alpha value is -7.80. The fourth-order valence-corrected chi connectivity index (χ4v) is 10.7. The van der Waals surface area contributed by atoms with Crippen molar-refractivity contribution in [2.75, 3.05) is 0 Å². The molecule has 0 radical (unpaired) electrons. The summed E-state index contributed by atoms with van der Waals surface area (Å²) in [6.07, 6.45) is 5.63. The van der Waals surface area contributed by atoms with Gasteiger partial charge in [0.05, 0.1) is 43.0 Å². The van der Waals surface area contributed by atoms with Gasteiger partial charge >= 0.3 is 0 Å². The molecule has 0 aliphatic rings. The van der Waals surface area contributed by atoms with Crippen LogP contribution in [0.15, 0.2) is 188 Å². The molecule has 0 saturated heterocycles. The van der Waals surface area contributed by atoms with E-state index in [4.69, 9.17) is 15.2 Å². The van der Waals surface area contributed by atoms with Crippen molar-refractivity contribution in [3.63, 3.8) is 0 Å². The van der Waals surface area contributed by atoms with Crippen LogP contribution in [-0.4, -0.2) is 14.1 Å². The molecule has 4 aromatic heterocycles. The maximum Gasteiger partial charge on any atom is 0.269 e. The first-order valence-corrected chi connectivity index (χ1v) is 25.3. The smallest absolute Gasteiger partial charge is 0.269 e. The predicted molar refractivity (Wildman–Crippen MR) is 302 cm³/mol. The highest BCUT2D eigenvalue weighted by Gasteiger charge is 2.25. The summed E-state index contributed by atoms with van der Waals surface area (Å²) in [4.78, 5) is 4.88. The van der Waals surface area contributed by atoms with E-state index < -0.39 is 6.04 Å². The molecule has 0 atom stereocenters. The van der Waals surface area contributed by atoms with Crippen LogP contribution in [-0.2, 0) is 16.2 Å². The Labute approximate surface area is 436 Å². The number of nitrogens with zero attached hydrogens (tertiary/aromatic N) is 4. The zero-order chi connectivity index (χ0) is 55.8. The van der Waals surface area contributed by atoms with Crippen LogP contribution in [0.25, 0.3) is 92.5 Å². The molecule has 4 heterocycles. The molecule has 0 saturated carbocycles. The number of thiophene rings is 1. The van der Waals surface area contributed by atoms with Crippen molar-refractivity contribution in [1.82, 2.24) is 14.1 Å². The van der Waals surface area contributed by atoms with E-state index in [-0.39, 0.29) is 78.2 Å². The maximum atomic E-state index is 10.1. The molecular weight excluding hydrogens is 897 g/mol. The van der Waals surface area contributed by atoms with Crippen molar-refractivity contribution in [3.05, 3.63) is 211 Å². The second kappa shape index (κ2) is 16.9. The van der Waals surface area contributed by atoms with E-state index in [1.807, 2.05) is 82.1 Å². The Morgan fingerprint density at radius 1 is 0.542 bits per heavy atom. The zero-order valence-corrected chi connectivity index (χ0v) is 42.8. The number of imidazole rings is 1. The standard InChI is InChI=1S/C66H58N4OS/c1-64(2,3)44-32-33-67-62(38-44)70-56-24-12-10-20-52(56)53-30-29-49(40-59(53)70)71-48-19-16-18-47(39-48)68-41-69(58-26-14-13-25-57(58)68)63-50(42-28-31-61-55(36-42)54-21-11-15-27-60(54)72-61)22-17-23-51(63)43-34-45(65(4,5)6)37-46(35-43)66(7,8)9/h10-40H,1-9H3/i11D,15D,21D,27D,28D,31D,36D. The molecule has 6 heteroatoms. The van der Waals surface area contributed by atoms with Crippen LogP contribution in [0.5, 0.6) is 11.5 Å². The van der Waals surface area contributed by atoms with Crippen LogP contribution in [0.1, 0.15) is 88.6 Å². The Bertz CT molecular complexity index is 4480. The molecule has 0 fully saturated rings. The molecule has 0 amide bonds. The van der Waals surface area contributed by atoms with E-state index in [9.17, 15) is 4.11 Å². The first kappa shape index (κ1) is 38.0. The number of fused-ring (bicyclic) bond motifs is 7. The van der Waals surface area contributed by atoms with E-state index in [1.165, 1.54) is 5.56 Å². The number of hydrogen-bond acceptors (Lipinski definition) is 3. The summed E-state index contributed by atoms with van der Waals surface area (Å²) in [6.45, 7) is 19.8. The summed E-state index contributed by atoms with van der Waals surface area (Å²) in [5.41, 5.74) is 10.4. The van der Waals surface area contributed by atoms with Crippen molar-refractivity contribution in [3.8, 4) is 50.9 Å². The van der Waals surface area contributed by atoms with E-state index in [2.05, 4.69) is 146 Å². The topological polar surface area (TPSA) is 35.9 Å². The third-order valence-corrected chi connectivity index (χ3v) is 14.8. The van der Waals surface area contributed by atoms with Crippen LogP contribution in [0.4, 0.5) is 0 Å². The highest BCUT2D eigenvalue weighted by atomic mass is 32.1. The molecule has 0 aliphatic heterocycles. The van der Waals surface area contributed by atoms with Crippen molar-refractivity contribution < 1.29 is 18.9 Å². The summed E-state index contributed by atoms with van der Waals surface area (Å²) in [5.74, 6) is 2.09. The molecule has 12 rings (SSSR count). The first-order chi connectivity index (χ1) is 37.5. The van der Waals surface area contributed by atoms with Gasteiger partial charge in [0, 0.05) is 43.2 Å². The van der Waals surface area contributed by atoms with Gasteiger partial charge in [0.2, 0.25) is 0 Å². The van der Waals surface area contributed by atoms with E-state index in [1.54, 1.807) is 0 Å². The van der Waals surface area contributed by atoms with Crippen LogP contribution < -0.4 is 9.30 Å². The quantitative estimate of drug-likeness (QED) is 0.118. The van der Waals surface area contributed by atoms with Crippen molar-refractivity contribution >= 4 is 64.3 Å². The molecule has 0 N–H and O–H groups in total. The van der Waals surface area contributed by atoms with Gasteiger partial charge in [-0.25, -0.2) is 4.98 Å². The van der Waals surface area contributed by atoms with Gasteiger partial charge in [-0.3, -0.25) is 13.7 Å². The number of rotatable bonds is 7. The predicted octanol–water partition coefficient (Wildman–Crippen LogP) is 17.6. The summed E-state index contributed by atoms with van der Waals surface area (Å²) in [7, 11) is 0. The van der Waals surface area contributed by atoms with E-state index in [0.29, 0.717) is 22.7 Å². The van der Waals surface area contributed by atoms with Gasteiger partial charge in [-0.15, -0.1) is 11.3 Å². The van der Waals surface area contributed by atoms with Crippen molar-refractivity contribution in [2.45, 2.75) is 78.6 Å². The average Bonchev–Trinajstić information content (AvgIpc) is 4.35. The summed E-state index contributed by atoms with van der Waals surface area (Å²) >= 11 is 1.03. The minimum atomic E-state index is -0.414. The fourth-order valence-electron chi connectivity index (χ4n) is 9.81. The highest BCUT2D eigenvalue weighted by Crippen LogP contribution is 2.42. The van der Waals surface area contributed by atoms with Gasteiger partial charge in [-0.2, -0.15) is 0 Å². The van der Waals surface area contributed by atoms with Crippen LogP contribution in [0, 0.1) is 6.33 Å². The largest absolute Gasteiger partial charge is 0.458 e. The van der Waals surface area contributed by atoms with Gasteiger partial charge in [-0.05, 0) is 122 Å². The van der Waals surface area contributed by atoms with Gasteiger partial charge in [-0.1, -0.05) is 171 Å². The lowest BCUT2D eigenvalue weighted by Crippen LogP contribution is -2.31. The number of aromatic nitrogens is 4. The maximum absolute atomic E-state index is 10.1. The number of hydrogen-bond donors (Lipinski definition) is 0. The lowest BCUT2D eigenvalue weighted by Gasteiger charge is -2.27. The molecule has 0 spiro atoms. The Morgan fingerprint density at radius 3 is 1.99 bits per heavy atom. The number of ether oxygens (including phenoxy) is 1. The van der Waals surface area contributed by atoms with Gasteiger partial charge in [0.15, 0.2) is 0 Å². The lowest BCUT2D eigenvalue weighted by molar-refractivity contribution is -0.571. The number of benzene rings is 8. The Kier molecular flexibility index (Phi) is 8.92. The van der Waals surface area contributed by atoms with E-state index >= 15 is 0 Å². The number of pyridine rings is 1. The Morgan fingerprint density at radius 2 is 1.21 bits per heavy atom. The first-order valence-electron chi connectivity index (χ1n) is 28.0. The molecule has 8 aromatic carbocycles. The summed E-state index contributed by atoms with van der Waals surface area (Å²) in [5, 5.41) is 2.61. The third-order valence-electron chi connectivity index (χ3n) is 13.8.